The summed E-state index contributed by atoms with van der Waals surface area (Å²) in [5.74, 6) is 0. The molecule has 30 heavy (non-hydrogen) atoms. The summed E-state index contributed by atoms with van der Waals surface area (Å²) in [7, 11) is -5.21. The third kappa shape index (κ3) is 3.54. The Hall–Kier alpha value is -1.26. The maximum atomic E-state index is 2.76. The standard InChI is InChI=1S/C25H38Si5/c1-26-30(27(2,3)23-17-11-8-12-18-23,28(4,5)24-19-13-9-14-20-24)29(6,7)25-21-15-10-16-22-25/h8-22H,26H2,1-7H3. The molecule has 3 rings (SSSR count). The lowest BCUT2D eigenvalue weighted by molar-refractivity contribution is 1.70. The zero-order valence-electron chi connectivity index (χ0n) is 19.9. The lowest BCUT2D eigenvalue weighted by Crippen LogP contribution is -2.94. The largest absolute Gasteiger partial charge is 0.0772 e. The van der Waals surface area contributed by atoms with Crippen molar-refractivity contribution in [2.75, 3.05) is 0 Å². The summed E-state index contributed by atoms with van der Waals surface area (Å²) in [6.45, 7) is 19.3. The van der Waals surface area contributed by atoms with E-state index in [9.17, 15) is 0 Å². The normalized spacial score (nSPS) is 13.7. The molecule has 3 aromatic rings. The van der Waals surface area contributed by atoms with E-state index < -0.39 is 28.9 Å². The third-order valence-corrected chi connectivity index (χ3v) is 113. The lowest BCUT2D eigenvalue weighted by atomic mass is 10.4. The fourth-order valence-electron chi connectivity index (χ4n) is 6.97. The van der Waals surface area contributed by atoms with Crippen LogP contribution in [0.4, 0.5) is 0 Å². The van der Waals surface area contributed by atoms with E-state index in [1.807, 2.05) is 0 Å². The van der Waals surface area contributed by atoms with Crippen LogP contribution in [0, 0.1) is 0 Å². The molecule has 158 valence electrons. The van der Waals surface area contributed by atoms with E-state index >= 15 is 0 Å². The van der Waals surface area contributed by atoms with Crippen molar-refractivity contribution in [2.45, 2.75) is 45.8 Å². The molecule has 0 bridgehead atoms. The maximum absolute atomic E-state index is 2.76. The van der Waals surface area contributed by atoms with Crippen LogP contribution in [0.1, 0.15) is 0 Å². The zero-order valence-corrected chi connectivity index (χ0v) is 25.3. The topological polar surface area (TPSA) is 0 Å². The second kappa shape index (κ2) is 8.71. The molecular weight excluding hydrogens is 441 g/mol. The van der Waals surface area contributed by atoms with Gasteiger partial charge in [0, 0.05) is 15.2 Å². The van der Waals surface area contributed by atoms with Crippen LogP contribution in [0.2, 0.25) is 45.8 Å². The molecule has 0 saturated heterocycles. The van der Waals surface area contributed by atoms with Crippen LogP contribution >= 0.6 is 0 Å². The van der Waals surface area contributed by atoms with Crippen molar-refractivity contribution in [3.05, 3.63) is 91.0 Å². The predicted octanol–water partition coefficient (Wildman–Crippen LogP) is 4.23. The molecule has 5 heteroatoms. The zero-order chi connectivity index (χ0) is 22.0. The molecule has 0 aliphatic rings. The van der Waals surface area contributed by atoms with Crippen LogP contribution in [0.25, 0.3) is 0 Å². The van der Waals surface area contributed by atoms with Crippen molar-refractivity contribution in [3.8, 4) is 0 Å². The van der Waals surface area contributed by atoms with Crippen molar-refractivity contribution in [3.63, 3.8) is 0 Å². The SMILES string of the molecule is C[SiH2][Si]([Si](C)(C)c1ccccc1)([Si](C)(C)c1ccccc1)[Si](C)(C)c1ccccc1. The molecule has 0 spiro atoms. The molecule has 0 amide bonds. The minimum atomic E-state index is -1.67. The molecule has 0 aromatic heterocycles. The van der Waals surface area contributed by atoms with Crippen molar-refractivity contribution in [2.24, 2.45) is 0 Å². The van der Waals surface area contributed by atoms with Crippen LogP contribution in [0.15, 0.2) is 91.0 Å². The highest BCUT2D eigenvalue weighted by Gasteiger charge is 2.66. The molecule has 0 fully saturated rings. The van der Waals surface area contributed by atoms with E-state index in [-0.39, 0.29) is 9.04 Å². The summed E-state index contributed by atoms with van der Waals surface area (Å²) in [4.78, 5) is 0. The van der Waals surface area contributed by atoms with E-state index in [2.05, 4.69) is 137 Å². The molecule has 0 heterocycles. The Morgan fingerprint density at radius 3 is 0.867 bits per heavy atom. The Bertz CT molecular complexity index is 825. The summed E-state index contributed by atoms with van der Waals surface area (Å²) < 4.78 is 0. The van der Waals surface area contributed by atoms with Crippen molar-refractivity contribution >= 4 is 53.5 Å². The quantitative estimate of drug-likeness (QED) is 0.446. The summed E-state index contributed by atoms with van der Waals surface area (Å²) in [6.07, 6.45) is -1.62. The number of hydrogen-bond acceptors (Lipinski definition) is 0. The minimum absolute atomic E-state index is 0.199. The number of hydrogen-bond donors (Lipinski definition) is 0. The second-order valence-electron chi connectivity index (χ2n) is 10.2. The van der Waals surface area contributed by atoms with Gasteiger partial charge in [-0.1, -0.05) is 152 Å². The Labute approximate surface area is 189 Å². The first-order valence-electron chi connectivity index (χ1n) is 11.3. The van der Waals surface area contributed by atoms with Gasteiger partial charge in [-0.25, -0.2) is 0 Å². The smallest absolute Gasteiger partial charge is 0.0673 e. The molecule has 0 aliphatic carbocycles. The number of benzene rings is 3. The first-order valence-corrected chi connectivity index (χ1v) is 29.0. The fourth-order valence-corrected chi connectivity index (χ4v) is 126. The molecule has 0 nitrogen and oxygen atoms in total. The Morgan fingerprint density at radius 2 is 0.667 bits per heavy atom. The summed E-state index contributed by atoms with van der Waals surface area (Å²) >= 11 is 0. The van der Waals surface area contributed by atoms with Gasteiger partial charge in [0.15, 0.2) is 0 Å². The van der Waals surface area contributed by atoms with Gasteiger partial charge in [0.2, 0.25) is 0 Å². The highest BCUT2D eigenvalue weighted by atomic mass is 30.2. The van der Waals surface area contributed by atoms with E-state index in [1.165, 1.54) is 0 Å². The maximum Gasteiger partial charge on any atom is 0.0673 e. The highest BCUT2D eigenvalue weighted by Crippen LogP contribution is 2.36. The van der Waals surface area contributed by atoms with Crippen LogP contribution in [-0.4, -0.2) is 38.0 Å². The second-order valence-corrected chi connectivity index (χ2v) is 59.3. The van der Waals surface area contributed by atoms with Gasteiger partial charge < -0.3 is 0 Å². The lowest BCUT2D eigenvalue weighted by Gasteiger charge is -2.60. The Balaban J connectivity index is 2.39. The highest BCUT2D eigenvalue weighted by molar-refractivity contribution is 8.05. The van der Waals surface area contributed by atoms with Crippen LogP contribution < -0.4 is 15.6 Å². The van der Waals surface area contributed by atoms with E-state index in [4.69, 9.17) is 0 Å². The monoisotopic (exact) mass is 478 g/mol. The molecule has 0 saturated carbocycles. The predicted molar refractivity (Wildman–Crippen MR) is 151 cm³/mol. The van der Waals surface area contributed by atoms with Crippen LogP contribution in [-0.2, 0) is 0 Å². The molecule has 3 aromatic carbocycles. The fraction of sp³-hybridized carbons (Fsp3) is 0.280. The Morgan fingerprint density at radius 1 is 0.433 bits per heavy atom. The van der Waals surface area contributed by atoms with E-state index in [1.54, 1.807) is 15.6 Å². The summed E-state index contributed by atoms with van der Waals surface area (Å²) in [5.41, 5.74) is 0. The van der Waals surface area contributed by atoms with E-state index in [0.29, 0.717) is 0 Å². The molecule has 0 unspecified atom stereocenters. The van der Waals surface area contributed by atoms with Gasteiger partial charge >= 0.3 is 0 Å². The molecule has 0 atom stereocenters. The average Bonchev–Trinajstić information content (AvgIpc) is 2.76. The third-order valence-electron chi connectivity index (χ3n) is 8.22. The molecule has 0 radical (unpaired) electrons. The number of rotatable bonds is 7. The Kier molecular flexibility index (Phi) is 6.79. The first-order chi connectivity index (χ1) is 14.1. The summed E-state index contributed by atoms with van der Waals surface area (Å²) in [5, 5.41) is 5.12. The van der Waals surface area contributed by atoms with Crippen molar-refractivity contribution < 1.29 is 0 Å². The van der Waals surface area contributed by atoms with Crippen molar-refractivity contribution in [1.82, 2.24) is 0 Å². The van der Waals surface area contributed by atoms with E-state index in [0.717, 1.165) is 0 Å². The van der Waals surface area contributed by atoms with Crippen LogP contribution in [0.3, 0.4) is 0 Å². The van der Waals surface area contributed by atoms with Gasteiger partial charge in [-0.2, -0.15) is 0 Å². The molecular formula is C25H38Si5. The first kappa shape index (κ1) is 23.4. The van der Waals surface area contributed by atoms with Gasteiger partial charge in [-0.3, -0.25) is 0 Å². The van der Waals surface area contributed by atoms with Gasteiger partial charge in [-0.15, -0.1) is 0 Å². The van der Waals surface area contributed by atoms with Gasteiger partial charge in [0.1, 0.15) is 0 Å². The van der Waals surface area contributed by atoms with Gasteiger partial charge in [-0.05, 0) is 0 Å². The average molecular weight is 479 g/mol. The van der Waals surface area contributed by atoms with Crippen LogP contribution in [0.5, 0.6) is 0 Å². The molecule has 0 N–H and O–H groups in total. The summed E-state index contributed by atoms with van der Waals surface area (Å²) in [6, 6.07) is 35.2. The minimum Gasteiger partial charge on any atom is -0.0772 e. The van der Waals surface area contributed by atoms with Crippen molar-refractivity contribution in [1.29, 1.82) is 0 Å². The van der Waals surface area contributed by atoms with Gasteiger partial charge in [0.05, 0.1) is 22.8 Å². The molecule has 0 aliphatic heterocycles. The van der Waals surface area contributed by atoms with Gasteiger partial charge in [0.25, 0.3) is 0 Å².